The molecule has 1 rings (SSSR count). The minimum atomic E-state index is -0.454. The molecule has 4 nitrogen and oxygen atoms in total. The van der Waals surface area contributed by atoms with Gasteiger partial charge in [-0.15, -0.1) is 0 Å². The van der Waals surface area contributed by atoms with E-state index in [-0.39, 0.29) is 13.2 Å². The summed E-state index contributed by atoms with van der Waals surface area (Å²) in [5, 5.41) is 16.1. The van der Waals surface area contributed by atoms with Crippen molar-refractivity contribution >= 4 is 12.4 Å². The minimum absolute atomic E-state index is 0.142. The standard InChI is InChI=1S/C9H8O.C3H9NO2/c10-8-4-7-9-5-2-1-3-6-9;4-3(1-5)2-6/h1-8H;3,5-6H,1-2,4H2/b7-4+;. The Morgan fingerprint density at radius 3 is 2.12 bits per heavy atom. The number of aliphatic hydroxyl groups is 2. The lowest BCUT2D eigenvalue weighted by molar-refractivity contribution is -0.104. The quantitative estimate of drug-likeness (QED) is 0.503. The van der Waals surface area contributed by atoms with Crippen molar-refractivity contribution in [2.45, 2.75) is 6.04 Å². The average molecular weight is 223 g/mol. The molecule has 0 aliphatic rings. The van der Waals surface area contributed by atoms with E-state index in [2.05, 4.69) is 0 Å². The molecule has 1 aromatic rings. The first-order valence-corrected chi connectivity index (χ1v) is 4.88. The fourth-order valence-electron chi connectivity index (χ4n) is 0.772. The predicted molar refractivity (Wildman–Crippen MR) is 63.7 cm³/mol. The third-order valence-electron chi connectivity index (χ3n) is 1.64. The number of aldehydes is 1. The number of benzene rings is 1. The van der Waals surface area contributed by atoms with E-state index < -0.39 is 6.04 Å². The highest BCUT2D eigenvalue weighted by molar-refractivity contribution is 5.73. The summed E-state index contributed by atoms with van der Waals surface area (Å²) in [7, 11) is 0. The van der Waals surface area contributed by atoms with Gasteiger partial charge >= 0.3 is 0 Å². The number of nitrogens with two attached hydrogens (primary N) is 1. The highest BCUT2D eigenvalue weighted by atomic mass is 16.3. The van der Waals surface area contributed by atoms with E-state index in [9.17, 15) is 4.79 Å². The Labute approximate surface area is 95.0 Å². The van der Waals surface area contributed by atoms with Gasteiger partial charge in [-0.2, -0.15) is 0 Å². The van der Waals surface area contributed by atoms with Crippen molar-refractivity contribution in [3.63, 3.8) is 0 Å². The van der Waals surface area contributed by atoms with Crippen LogP contribution in [0.15, 0.2) is 36.4 Å². The molecule has 4 N–H and O–H groups in total. The second-order valence-corrected chi connectivity index (χ2v) is 3.03. The highest BCUT2D eigenvalue weighted by Gasteiger charge is 1.91. The van der Waals surface area contributed by atoms with Crippen LogP contribution in [0.3, 0.4) is 0 Å². The van der Waals surface area contributed by atoms with Gasteiger partial charge in [-0.3, -0.25) is 4.79 Å². The second kappa shape index (κ2) is 10.0. The Bertz CT molecular complexity index is 294. The monoisotopic (exact) mass is 223 g/mol. The van der Waals surface area contributed by atoms with Crippen LogP contribution in [0.4, 0.5) is 0 Å². The van der Waals surface area contributed by atoms with Crippen molar-refractivity contribution in [3.8, 4) is 0 Å². The van der Waals surface area contributed by atoms with Gasteiger partial charge in [0.2, 0.25) is 0 Å². The van der Waals surface area contributed by atoms with Crippen LogP contribution in [-0.2, 0) is 4.79 Å². The van der Waals surface area contributed by atoms with Gasteiger partial charge < -0.3 is 15.9 Å². The minimum Gasteiger partial charge on any atom is -0.395 e. The van der Waals surface area contributed by atoms with Crippen molar-refractivity contribution in [3.05, 3.63) is 42.0 Å². The number of allylic oxidation sites excluding steroid dienone is 1. The molecule has 0 atom stereocenters. The van der Waals surface area contributed by atoms with Crippen molar-refractivity contribution in [2.24, 2.45) is 5.73 Å². The van der Waals surface area contributed by atoms with E-state index in [1.54, 1.807) is 6.08 Å². The summed E-state index contributed by atoms with van der Waals surface area (Å²) in [6, 6.07) is 9.25. The molecule has 1 aromatic carbocycles. The molecule has 0 saturated carbocycles. The van der Waals surface area contributed by atoms with Crippen molar-refractivity contribution in [2.75, 3.05) is 13.2 Å². The zero-order valence-corrected chi connectivity index (χ0v) is 8.99. The third-order valence-corrected chi connectivity index (χ3v) is 1.64. The Balaban J connectivity index is 0.000000325. The fourth-order valence-corrected chi connectivity index (χ4v) is 0.772. The largest absolute Gasteiger partial charge is 0.395 e. The Morgan fingerprint density at radius 2 is 1.75 bits per heavy atom. The molecule has 0 bridgehead atoms. The summed E-state index contributed by atoms with van der Waals surface area (Å²) in [5.74, 6) is 0. The average Bonchev–Trinajstić information content (AvgIpc) is 2.37. The Kier molecular flexibility index (Phi) is 9.11. The summed E-state index contributed by atoms with van der Waals surface area (Å²) in [6.07, 6.45) is 4.02. The van der Waals surface area contributed by atoms with E-state index in [1.807, 2.05) is 30.3 Å². The van der Waals surface area contributed by atoms with Crippen LogP contribution in [0, 0.1) is 0 Å². The summed E-state index contributed by atoms with van der Waals surface area (Å²) in [6.45, 7) is -0.285. The molecule has 0 aliphatic carbocycles. The SMILES string of the molecule is NC(CO)CO.O=C/C=C/c1ccccc1. The fraction of sp³-hybridized carbons (Fsp3) is 0.250. The molecule has 0 amide bonds. The van der Waals surface area contributed by atoms with E-state index in [4.69, 9.17) is 15.9 Å². The van der Waals surface area contributed by atoms with E-state index in [0.29, 0.717) is 0 Å². The molecular weight excluding hydrogens is 206 g/mol. The molecule has 0 heterocycles. The zero-order valence-electron chi connectivity index (χ0n) is 8.99. The maximum atomic E-state index is 9.89. The highest BCUT2D eigenvalue weighted by Crippen LogP contribution is 1.99. The first-order chi connectivity index (χ1) is 7.74. The molecule has 0 aliphatic heterocycles. The Hall–Kier alpha value is -1.49. The topological polar surface area (TPSA) is 83.6 Å². The van der Waals surface area contributed by atoms with Crippen molar-refractivity contribution in [1.82, 2.24) is 0 Å². The molecule has 0 unspecified atom stereocenters. The van der Waals surface area contributed by atoms with E-state index in [0.717, 1.165) is 11.8 Å². The van der Waals surface area contributed by atoms with Crippen LogP contribution in [0.2, 0.25) is 0 Å². The number of carbonyl (C=O) groups is 1. The van der Waals surface area contributed by atoms with Gasteiger partial charge in [0, 0.05) is 0 Å². The first kappa shape index (κ1) is 14.5. The van der Waals surface area contributed by atoms with Crippen LogP contribution in [0.25, 0.3) is 6.08 Å². The zero-order chi connectivity index (χ0) is 12.2. The molecule has 0 spiro atoms. The van der Waals surface area contributed by atoms with E-state index >= 15 is 0 Å². The maximum absolute atomic E-state index is 9.89. The van der Waals surface area contributed by atoms with Crippen molar-refractivity contribution < 1.29 is 15.0 Å². The number of hydrogen-bond donors (Lipinski definition) is 3. The summed E-state index contributed by atoms with van der Waals surface area (Å²) in [5.41, 5.74) is 6.02. The summed E-state index contributed by atoms with van der Waals surface area (Å²) < 4.78 is 0. The van der Waals surface area contributed by atoms with Crippen LogP contribution in [0.1, 0.15) is 5.56 Å². The normalized spacial score (nSPS) is 10.0. The second-order valence-electron chi connectivity index (χ2n) is 3.03. The van der Waals surface area contributed by atoms with Gasteiger partial charge in [0.15, 0.2) is 0 Å². The molecule has 0 radical (unpaired) electrons. The third kappa shape index (κ3) is 7.87. The molecular formula is C12H17NO3. The maximum Gasteiger partial charge on any atom is 0.142 e. The van der Waals surface area contributed by atoms with Crippen molar-refractivity contribution in [1.29, 1.82) is 0 Å². The summed E-state index contributed by atoms with van der Waals surface area (Å²) >= 11 is 0. The summed E-state index contributed by atoms with van der Waals surface area (Å²) in [4.78, 5) is 9.89. The van der Waals surface area contributed by atoms with Gasteiger partial charge in [-0.1, -0.05) is 36.4 Å². The number of carbonyl (C=O) groups excluding carboxylic acids is 1. The van der Waals surface area contributed by atoms with Gasteiger partial charge in [0.05, 0.1) is 19.3 Å². The molecule has 0 saturated heterocycles. The van der Waals surface area contributed by atoms with Gasteiger partial charge in [0.1, 0.15) is 6.29 Å². The first-order valence-electron chi connectivity index (χ1n) is 4.88. The van der Waals surface area contributed by atoms with Gasteiger partial charge in [-0.25, -0.2) is 0 Å². The lowest BCUT2D eigenvalue weighted by Gasteiger charge is -1.98. The molecule has 4 heteroatoms. The Morgan fingerprint density at radius 1 is 1.19 bits per heavy atom. The van der Waals surface area contributed by atoms with Crippen LogP contribution < -0.4 is 5.73 Å². The predicted octanol–water partition coefficient (Wildman–Crippen LogP) is 0.197. The molecule has 0 fully saturated rings. The number of aliphatic hydroxyl groups excluding tert-OH is 2. The van der Waals surface area contributed by atoms with E-state index in [1.165, 1.54) is 6.08 Å². The van der Waals surface area contributed by atoms with Gasteiger partial charge in [-0.05, 0) is 11.6 Å². The lowest BCUT2D eigenvalue weighted by atomic mass is 10.2. The number of hydrogen-bond acceptors (Lipinski definition) is 4. The molecule has 16 heavy (non-hydrogen) atoms. The van der Waals surface area contributed by atoms with Gasteiger partial charge in [0.25, 0.3) is 0 Å². The molecule has 0 aromatic heterocycles. The van der Waals surface area contributed by atoms with Crippen LogP contribution in [0.5, 0.6) is 0 Å². The smallest absolute Gasteiger partial charge is 0.142 e. The molecule has 88 valence electrons. The van der Waals surface area contributed by atoms with Crippen LogP contribution in [-0.4, -0.2) is 35.8 Å². The lowest BCUT2D eigenvalue weighted by Crippen LogP contribution is -2.27. The van der Waals surface area contributed by atoms with Crippen LogP contribution >= 0.6 is 0 Å². The number of rotatable bonds is 4.